The number of aliphatic hydroxyl groups is 7. The number of ether oxygens (including phenoxy) is 1. The summed E-state index contributed by atoms with van der Waals surface area (Å²) in [5.41, 5.74) is 0. The van der Waals surface area contributed by atoms with Crippen molar-refractivity contribution in [3.8, 4) is 0 Å². The lowest BCUT2D eigenvalue weighted by molar-refractivity contribution is -0.123. The predicted octanol–water partition coefficient (Wildman–Crippen LogP) is -4.21. The van der Waals surface area contributed by atoms with Crippen LogP contribution in [0, 0.1) is 0 Å². The van der Waals surface area contributed by atoms with E-state index in [1.54, 1.807) is 0 Å². The molecule has 0 saturated carbocycles. The highest BCUT2D eigenvalue weighted by molar-refractivity contribution is 7.97. The Morgan fingerprint density at radius 2 is 1.76 bits per heavy atom. The second-order valence-corrected chi connectivity index (χ2v) is 7.51. The Hall–Kier alpha value is 0.0300. The lowest BCUT2D eigenvalue weighted by atomic mass is 10.0. The molecular formula is C12H25O8S+. The minimum absolute atomic E-state index is 0.104. The number of rotatable bonds is 8. The summed E-state index contributed by atoms with van der Waals surface area (Å²) in [6.07, 6.45) is -7.19. The van der Waals surface area contributed by atoms with Crippen molar-refractivity contribution < 1.29 is 40.5 Å². The first-order valence-corrected chi connectivity index (χ1v) is 8.31. The van der Waals surface area contributed by atoms with Crippen LogP contribution in [0.5, 0.6) is 0 Å². The quantitative estimate of drug-likeness (QED) is 0.221. The van der Waals surface area contributed by atoms with Gasteiger partial charge in [0.15, 0.2) is 5.25 Å². The van der Waals surface area contributed by atoms with Gasteiger partial charge in [-0.2, -0.15) is 0 Å². The molecule has 0 aliphatic carbocycles. The molecule has 0 amide bonds. The van der Waals surface area contributed by atoms with Crippen molar-refractivity contribution in [2.75, 3.05) is 31.8 Å². The zero-order chi connectivity index (χ0) is 16.2. The highest BCUT2D eigenvalue weighted by Gasteiger charge is 2.51. The van der Waals surface area contributed by atoms with E-state index in [1.807, 2.05) is 0 Å². The summed E-state index contributed by atoms with van der Waals surface area (Å²) in [4.78, 5) is 0. The fourth-order valence-corrected chi connectivity index (χ4v) is 5.14. The lowest BCUT2D eigenvalue weighted by Crippen LogP contribution is -2.50. The standard InChI is InChI=1S/C12H25O8S/c1-20-12(11(19)6(15)2-13)8(17)5-21-4-7(16)10(18)9(21)3-14/h6-19H,2-5H2,1H3/q+1/t6-,7+,8+,9+,10-,11+,12+,21?/m0/s1. The molecule has 126 valence electrons. The van der Waals surface area contributed by atoms with Gasteiger partial charge < -0.3 is 40.5 Å². The van der Waals surface area contributed by atoms with Gasteiger partial charge in [0.05, 0.1) is 13.2 Å². The van der Waals surface area contributed by atoms with Crippen LogP contribution in [-0.2, 0) is 15.6 Å². The zero-order valence-electron chi connectivity index (χ0n) is 11.8. The van der Waals surface area contributed by atoms with Crippen LogP contribution in [-0.4, -0.2) is 109 Å². The Labute approximate surface area is 126 Å². The van der Waals surface area contributed by atoms with Crippen molar-refractivity contribution in [1.82, 2.24) is 0 Å². The molecule has 1 saturated heterocycles. The molecule has 1 aliphatic heterocycles. The first kappa shape index (κ1) is 19.1. The van der Waals surface area contributed by atoms with E-state index in [2.05, 4.69) is 0 Å². The van der Waals surface area contributed by atoms with Gasteiger partial charge in [-0.1, -0.05) is 0 Å². The summed E-state index contributed by atoms with van der Waals surface area (Å²) in [7, 11) is 0.612. The van der Waals surface area contributed by atoms with Gasteiger partial charge in [-0.05, 0) is 0 Å². The van der Waals surface area contributed by atoms with Crippen molar-refractivity contribution in [2.45, 2.75) is 41.9 Å². The molecule has 0 radical (unpaired) electrons. The van der Waals surface area contributed by atoms with E-state index in [4.69, 9.17) is 9.84 Å². The van der Waals surface area contributed by atoms with Crippen LogP contribution in [0.1, 0.15) is 0 Å². The monoisotopic (exact) mass is 329 g/mol. The minimum Gasteiger partial charge on any atom is -0.394 e. The van der Waals surface area contributed by atoms with Crippen LogP contribution in [0.15, 0.2) is 0 Å². The van der Waals surface area contributed by atoms with Gasteiger partial charge >= 0.3 is 0 Å². The number of hydrogen-bond acceptors (Lipinski definition) is 8. The van der Waals surface area contributed by atoms with Crippen LogP contribution < -0.4 is 0 Å². The van der Waals surface area contributed by atoms with E-state index in [9.17, 15) is 30.6 Å². The molecule has 0 aromatic carbocycles. The molecule has 0 aromatic rings. The van der Waals surface area contributed by atoms with E-state index in [1.165, 1.54) is 7.11 Å². The molecule has 1 unspecified atom stereocenters. The number of aliphatic hydroxyl groups excluding tert-OH is 7. The van der Waals surface area contributed by atoms with Gasteiger partial charge in [0, 0.05) is 18.0 Å². The fraction of sp³-hybridized carbons (Fsp3) is 1.00. The fourth-order valence-electron chi connectivity index (χ4n) is 2.46. The minimum atomic E-state index is -1.47. The largest absolute Gasteiger partial charge is 0.394 e. The molecule has 7 N–H and O–H groups in total. The average Bonchev–Trinajstić information content (AvgIpc) is 2.72. The Morgan fingerprint density at radius 1 is 1.14 bits per heavy atom. The van der Waals surface area contributed by atoms with Gasteiger partial charge in [0.25, 0.3) is 0 Å². The van der Waals surface area contributed by atoms with Gasteiger partial charge in [0.2, 0.25) is 0 Å². The van der Waals surface area contributed by atoms with Crippen LogP contribution in [0.25, 0.3) is 0 Å². The second-order valence-electron chi connectivity index (χ2n) is 5.16. The summed E-state index contributed by atoms with van der Waals surface area (Å²) in [6.45, 7) is -0.982. The van der Waals surface area contributed by atoms with Crippen molar-refractivity contribution in [3.63, 3.8) is 0 Å². The first-order valence-electron chi connectivity index (χ1n) is 6.68. The van der Waals surface area contributed by atoms with Gasteiger partial charge in [-0.3, -0.25) is 0 Å². The summed E-state index contributed by atoms with van der Waals surface area (Å²) in [5, 5.41) is 66.3. The molecule has 9 heteroatoms. The molecule has 1 fully saturated rings. The molecule has 1 rings (SSSR count). The summed E-state index contributed by atoms with van der Waals surface area (Å²) in [6, 6.07) is 0. The van der Waals surface area contributed by atoms with Crippen LogP contribution in [0.2, 0.25) is 0 Å². The van der Waals surface area contributed by atoms with Gasteiger partial charge in [-0.25, -0.2) is 0 Å². The van der Waals surface area contributed by atoms with E-state index in [-0.39, 0.29) is 18.1 Å². The first-order chi connectivity index (χ1) is 9.87. The molecule has 0 bridgehead atoms. The number of hydrogen-bond donors (Lipinski definition) is 7. The van der Waals surface area contributed by atoms with Crippen molar-refractivity contribution in [2.24, 2.45) is 0 Å². The maximum Gasteiger partial charge on any atom is 0.169 e. The highest BCUT2D eigenvalue weighted by Crippen LogP contribution is 2.25. The van der Waals surface area contributed by atoms with Gasteiger partial charge in [0.1, 0.15) is 48.1 Å². The summed E-state index contributed by atoms with van der Waals surface area (Å²) in [5.74, 6) is 0.353. The Morgan fingerprint density at radius 3 is 2.24 bits per heavy atom. The highest BCUT2D eigenvalue weighted by atomic mass is 32.2. The molecule has 8 nitrogen and oxygen atoms in total. The van der Waals surface area contributed by atoms with Crippen molar-refractivity contribution in [3.05, 3.63) is 0 Å². The van der Waals surface area contributed by atoms with E-state index < -0.39 is 59.4 Å². The third-order valence-corrected chi connectivity index (χ3v) is 6.55. The van der Waals surface area contributed by atoms with Crippen LogP contribution >= 0.6 is 0 Å². The van der Waals surface area contributed by atoms with Crippen LogP contribution in [0.3, 0.4) is 0 Å². The molecule has 0 aromatic heterocycles. The molecule has 8 atom stereocenters. The maximum absolute atomic E-state index is 10.2. The third kappa shape index (κ3) is 4.50. The summed E-state index contributed by atoms with van der Waals surface area (Å²) < 4.78 is 4.98. The Kier molecular flexibility index (Phi) is 7.82. The topological polar surface area (TPSA) is 151 Å². The van der Waals surface area contributed by atoms with E-state index in [0.29, 0.717) is 0 Å². The Balaban J connectivity index is 2.67. The SMILES string of the molecule is CO[C@@H]([C@H](O)[C@@H](O)CO)[C@H](O)C[S+]1C[C@@H](O)[C@H](O)[C@H]1CO. The lowest BCUT2D eigenvalue weighted by Gasteiger charge is -2.28. The average molecular weight is 329 g/mol. The second kappa shape index (κ2) is 8.61. The smallest absolute Gasteiger partial charge is 0.169 e. The molecule has 21 heavy (non-hydrogen) atoms. The van der Waals surface area contributed by atoms with E-state index >= 15 is 0 Å². The van der Waals surface area contributed by atoms with E-state index in [0.717, 1.165) is 0 Å². The van der Waals surface area contributed by atoms with Gasteiger partial charge in [-0.15, -0.1) is 0 Å². The van der Waals surface area contributed by atoms with Crippen molar-refractivity contribution in [1.29, 1.82) is 0 Å². The third-order valence-electron chi connectivity index (χ3n) is 3.72. The van der Waals surface area contributed by atoms with Crippen LogP contribution in [0.4, 0.5) is 0 Å². The molecular weight excluding hydrogens is 304 g/mol. The predicted molar refractivity (Wildman–Crippen MR) is 75.9 cm³/mol. The summed E-state index contributed by atoms with van der Waals surface area (Å²) >= 11 is 0. The number of methoxy groups -OCH3 is 1. The van der Waals surface area contributed by atoms with Crippen molar-refractivity contribution >= 4 is 10.9 Å². The zero-order valence-corrected chi connectivity index (χ0v) is 12.6. The maximum atomic E-state index is 10.2. The normalized spacial score (nSPS) is 35.4. The molecule has 1 aliphatic rings. The Bertz CT molecular complexity index is 307. The molecule has 0 spiro atoms. The molecule has 1 heterocycles.